The summed E-state index contributed by atoms with van der Waals surface area (Å²) in [5.41, 5.74) is 1.47. The highest BCUT2D eigenvalue weighted by atomic mass is 32.1. The van der Waals surface area contributed by atoms with E-state index in [-0.39, 0.29) is 18.3 Å². The molecular weight excluding hydrogens is 405 g/mol. The lowest BCUT2D eigenvalue weighted by atomic mass is 9.68. The lowest BCUT2D eigenvalue weighted by molar-refractivity contribution is -0.122. The summed E-state index contributed by atoms with van der Waals surface area (Å²) in [4.78, 5) is 27.3. The number of anilines is 1. The molecule has 2 aromatic rings. The largest absolute Gasteiger partial charge is 0.462 e. The summed E-state index contributed by atoms with van der Waals surface area (Å²) in [5, 5.41) is 3.59. The van der Waals surface area contributed by atoms with E-state index in [1.54, 1.807) is 19.1 Å². The number of esters is 1. The number of nitrogens with one attached hydrogen (secondary N) is 1. The average Bonchev–Trinajstić information content (AvgIpc) is 3.12. The topological polar surface area (TPSA) is 64.6 Å². The minimum atomic E-state index is -0.723. The van der Waals surface area contributed by atoms with Gasteiger partial charge < -0.3 is 14.8 Å². The molecule has 7 heteroatoms. The molecule has 1 saturated carbocycles. The molecule has 30 heavy (non-hydrogen) atoms. The molecule has 1 aromatic heterocycles. The van der Waals surface area contributed by atoms with Crippen LogP contribution in [-0.4, -0.2) is 25.1 Å². The molecule has 1 aliphatic carbocycles. The van der Waals surface area contributed by atoms with Crippen molar-refractivity contribution in [3.05, 3.63) is 51.7 Å². The van der Waals surface area contributed by atoms with Crippen molar-refractivity contribution < 1.29 is 23.5 Å². The Balaban J connectivity index is 1.70. The molecule has 0 atom stereocenters. The fourth-order valence-electron chi connectivity index (χ4n) is 4.53. The summed E-state index contributed by atoms with van der Waals surface area (Å²) in [6.45, 7) is 3.02. The van der Waals surface area contributed by atoms with E-state index < -0.39 is 11.4 Å². The smallest absolute Gasteiger partial charge is 0.341 e. The summed E-state index contributed by atoms with van der Waals surface area (Å²) >= 11 is 1.39. The Morgan fingerprint density at radius 3 is 2.63 bits per heavy atom. The zero-order valence-corrected chi connectivity index (χ0v) is 17.9. The Kier molecular flexibility index (Phi) is 6.20. The average molecular weight is 432 g/mol. The SMILES string of the molecule is CCOC(=O)c1c(NC(=O)C2(c3ccc(F)cc3)CCCCC2)sc2c1CCOC2. The highest BCUT2D eigenvalue weighted by Gasteiger charge is 2.42. The van der Waals surface area contributed by atoms with Crippen molar-refractivity contribution in [2.75, 3.05) is 18.5 Å². The first-order valence-electron chi connectivity index (χ1n) is 10.5. The highest BCUT2D eigenvalue weighted by Crippen LogP contribution is 2.43. The number of thiophene rings is 1. The zero-order chi connectivity index (χ0) is 21.1. The third-order valence-corrected chi connectivity index (χ3v) is 7.19. The van der Waals surface area contributed by atoms with E-state index >= 15 is 0 Å². The first-order valence-corrected chi connectivity index (χ1v) is 11.3. The molecule has 4 rings (SSSR count). The van der Waals surface area contributed by atoms with Crippen molar-refractivity contribution in [2.45, 2.75) is 57.5 Å². The highest BCUT2D eigenvalue weighted by molar-refractivity contribution is 7.17. The number of rotatable bonds is 5. The number of amides is 1. The monoisotopic (exact) mass is 431 g/mol. The van der Waals surface area contributed by atoms with Crippen LogP contribution in [0.5, 0.6) is 0 Å². The molecule has 0 bridgehead atoms. The second-order valence-electron chi connectivity index (χ2n) is 7.83. The van der Waals surface area contributed by atoms with Gasteiger partial charge in [0, 0.05) is 4.88 Å². The molecule has 0 radical (unpaired) electrons. The van der Waals surface area contributed by atoms with E-state index in [1.807, 2.05) is 0 Å². The van der Waals surface area contributed by atoms with Crippen LogP contribution >= 0.6 is 11.3 Å². The van der Waals surface area contributed by atoms with E-state index in [2.05, 4.69) is 5.32 Å². The van der Waals surface area contributed by atoms with E-state index in [0.717, 1.165) is 35.3 Å². The molecule has 2 heterocycles. The van der Waals surface area contributed by atoms with Gasteiger partial charge in [-0.25, -0.2) is 9.18 Å². The molecule has 1 aliphatic heterocycles. The van der Waals surface area contributed by atoms with Crippen molar-refractivity contribution in [1.82, 2.24) is 0 Å². The molecule has 2 aliphatic rings. The number of carbonyl (C=O) groups excluding carboxylic acids is 2. The van der Waals surface area contributed by atoms with Gasteiger partial charge >= 0.3 is 5.97 Å². The maximum atomic E-state index is 13.6. The first kappa shape index (κ1) is 21.0. The van der Waals surface area contributed by atoms with E-state index in [4.69, 9.17) is 9.47 Å². The van der Waals surface area contributed by atoms with Crippen molar-refractivity contribution in [1.29, 1.82) is 0 Å². The van der Waals surface area contributed by atoms with Crippen molar-refractivity contribution in [3.8, 4) is 0 Å². The van der Waals surface area contributed by atoms with Gasteiger partial charge in [-0.1, -0.05) is 31.4 Å². The molecule has 0 spiro atoms. The van der Waals surface area contributed by atoms with Gasteiger partial charge in [-0.05, 0) is 49.4 Å². The number of ether oxygens (including phenoxy) is 2. The summed E-state index contributed by atoms with van der Waals surface area (Å²) in [6.07, 6.45) is 4.98. The van der Waals surface area contributed by atoms with Crippen LogP contribution in [0.15, 0.2) is 24.3 Å². The second-order valence-corrected chi connectivity index (χ2v) is 8.94. The fourth-order valence-corrected chi connectivity index (χ4v) is 5.70. The molecule has 1 N–H and O–H groups in total. The molecule has 0 saturated heterocycles. The molecular formula is C23H26FNO4S. The summed E-state index contributed by atoms with van der Waals surface area (Å²) in [7, 11) is 0. The van der Waals surface area contributed by atoms with Crippen LogP contribution < -0.4 is 5.32 Å². The molecule has 1 amide bonds. The molecule has 1 aromatic carbocycles. The Morgan fingerprint density at radius 1 is 1.20 bits per heavy atom. The van der Waals surface area contributed by atoms with Crippen LogP contribution in [0.25, 0.3) is 0 Å². The molecule has 1 fully saturated rings. The Morgan fingerprint density at radius 2 is 1.93 bits per heavy atom. The predicted molar refractivity (Wildman–Crippen MR) is 113 cm³/mol. The first-order chi connectivity index (χ1) is 14.5. The van der Waals surface area contributed by atoms with Crippen molar-refractivity contribution >= 4 is 28.2 Å². The van der Waals surface area contributed by atoms with Gasteiger partial charge in [-0.15, -0.1) is 11.3 Å². The third kappa shape index (κ3) is 3.88. The van der Waals surface area contributed by atoms with Gasteiger partial charge in [0.1, 0.15) is 10.8 Å². The number of hydrogen-bond donors (Lipinski definition) is 1. The minimum absolute atomic E-state index is 0.140. The number of benzene rings is 1. The quantitative estimate of drug-likeness (QED) is 0.679. The summed E-state index contributed by atoms with van der Waals surface area (Å²) in [6, 6.07) is 6.23. The van der Waals surface area contributed by atoms with Gasteiger partial charge in [-0.3, -0.25) is 4.79 Å². The maximum Gasteiger partial charge on any atom is 0.341 e. The Hall–Kier alpha value is -2.25. The van der Waals surface area contributed by atoms with Crippen molar-refractivity contribution in [2.24, 2.45) is 0 Å². The van der Waals surface area contributed by atoms with Crippen LogP contribution in [0.3, 0.4) is 0 Å². The number of halogens is 1. The Labute approximate surface area is 179 Å². The van der Waals surface area contributed by atoms with Crippen molar-refractivity contribution in [3.63, 3.8) is 0 Å². The fraction of sp³-hybridized carbons (Fsp3) is 0.478. The lowest BCUT2D eigenvalue weighted by Crippen LogP contribution is -2.42. The van der Waals surface area contributed by atoms with Crippen LogP contribution in [0.2, 0.25) is 0 Å². The minimum Gasteiger partial charge on any atom is -0.462 e. The second kappa shape index (κ2) is 8.86. The predicted octanol–water partition coefficient (Wildman–Crippen LogP) is 4.98. The number of carbonyl (C=O) groups is 2. The van der Waals surface area contributed by atoms with Crippen LogP contribution in [0.4, 0.5) is 9.39 Å². The van der Waals surface area contributed by atoms with Gasteiger partial charge in [0.05, 0.1) is 30.8 Å². The molecule has 5 nitrogen and oxygen atoms in total. The zero-order valence-electron chi connectivity index (χ0n) is 17.1. The standard InChI is InChI=1S/C23H26FNO4S/c1-2-29-21(26)19-17-10-13-28-14-18(17)30-20(19)25-22(27)23(11-4-3-5-12-23)15-6-8-16(24)9-7-15/h6-9H,2-5,10-14H2,1H3,(H,25,27). The summed E-state index contributed by atoms with van der Waals surface area (Å²) in [5.74, 6) is -0.869. The molecule has 0 unspecified atom stereocenters. The lowest BCUT2D eigenvalue weighted by Gasteiger charge is -2.36. The van der Waals surface area contributed by atoms with E-state index in [0.29, 0.717) is 43.0 Å². The van der Waals surface area contributed by atoms with E-state index in [9.17, 15) is 14.0 Å². The molecule has 160 valence electrons. The van der Waals surface area contributed by atoms with Gasteiger partial charge in [0.15, 0.2) is 0 Å². The normalized spacial score (nSPS) is 17.8. The summed E-state index contributed by atoms with van der Waals surface area (Å²) < 4.78 is 24.3. The third-order valence-electron chi connectivity index (χ3n) is 6.07. The maximum absolute atomic E-state index is 13.6. The van der Waals surface area contributed by atoms with Crippen LogP contribution in [-0.2, 0) is 32.7 Å². The van der Waals surface area contributed by atoms with E-state index in [1.165, 1.54) is 23.5 Å². The van der Waals surface area contributed by atoms with Crippen LogP contribution in [0, 0.1) is 5.82 Å². The number of hydrogen-bond acceptors (Lipinski definition) is 5. The van der Waals surface area contributed by atoms with Crippen LogP contribution in [0.1, 0.15) is 65.4 Å². The van der Waals surface area contributed by atoms with Gasteiger partial charge in [0.2, 0.25) is 5.91 Å². The van der Waals surface area contributed by atoms with Gasteiger partial charge in [0.25, 0.3) is 0 Å². The Bertz CT molecular complexity index is 931. The number of fused-ring (bicyclic) bond motifs is 1. The van der Waals surface area contributed by atoms with Gasteiger partial charge in [-0.2, -0.15) is 0 Å².